The Kier molecular flexibility index (Phi) is 6.58. The van der Waals surface area contributed by atoms with Crippen molar-refractivity contribution in [3.8, 4) is 0 Å². The second-order valence-corrected chi connectivity index (χ2v) is 3.82. The summed E-state index contributed by atoms with van der Waals surface area (Å²) in [5.74, 6) is 0.792. The number of halogens is 1. The van der Waals surface area contributed by atoms with Crippen molar-refractivity contribution in [2.24, 2.45) is 0 Å². The van der Waals surface area contributed by atoms with E-state index in [4.69, 9.17) is 16.3 Å². The normalized spacial score (nSPS) is 10.2. The molecule has 0 aliphatic carbocycles. The van der Waals surface area contributed by atoms with Crippen molar-refractivity contribution in [3.63, 3.8) is 0 Å². The molecule has 1 rings (SSSR count). The number of nitrogens with one attached hydrogen (secondary N) is 1. The molecule has 0 aliphatic rings. The average Bonchev–Trinajstić information content (AvgIpc) is 2.34. The molecule has 0 bridgehead atoms. The van der Waals surface area contributed by atoms with Gasteiger partial charge >= 0.3 is 0 Å². The van der Waals surface area contributed by atoms with Crippen LogP contribution < -0.4 is 5.32 Å². The molecule has 0 radical (unpaired) electrons. The fourth-order valence-electron chi connectivity index (χ4n) is 1.37. The van der Waals surface area contributed by atoms with E-state index >= 15 is 0 Å². The first-order chi connectivity index (χ1) is 8.29. The van der Waals surface area contributed by atoms with Gasteiger partial charge in [-0.1, -0.05) is 24.6 Å². The maximum absolute atomic E-state index is 5.98. The van der Waals surface area contributed by atoms with Gasteiger partial charge in [-0.25, -0.2) is 9.97 Å². The number of anilines is 1. The third-order valence-electron chi connectivity index (χ3n) is 2.25. The Balaban J connectivity index is 2.36. The van der Waals surface area contributed by atoms with E-state index in [1.54, 1.807) is 0 Å². The third-order valence-corrected chi connectivity index (χ3v) is 2.58. The van der Waals surface area contributed by atoms with Gasteiger partial charge in [0.05, 0.1) is 13.2 Å². The summed E-state index contributed by atoms with van der Waals surface area (Å²) in [4.78, 5) is 8.12. The van der Waals surface area contributed by atoms with E-state index < -0.39 is 0 Å². The lowest BCUT2D eigenvalue weighted by atomic mass is 10.2. The number of rotatable bonds is 8. The second kappa shape index (κ2) is 8.03. The molecule has 0 fully saturated rings. The molecular weight excluding hydrogens is 238 g/mol. The lowest BCUT2D eigenvalue weighted by Gasteiger charge is -2.10. The predicted molar refractivity (Wildman–Crippen MR) is 70.5 cm³/mol. The summed E-state index contributed by atoms with van der Waals surface area (Å²) in [7, 11) is 0. The highest BCUT2D eigenvalue weighted by Crippen LogP contribution is 2.19. The van der Waals surface area contributed by atoms with Gasteiger partial charge in [-0.15, -0.1) is 6.58 Å². The molecule has 1 heterocycles. The van der Waals surface area contributed by atoms with Gasteiger partial charge < -0.3 is 10.1 Å². The topological polar surface area (TPSA) is 47.0 Å². The minimum atomic E-state index is 0.512. The molecule has 0 unspecified atom stereocenters. The Hall–Kier alpha value is -1.13. The fraction of sp³-hybridized carbons (Fsp3) is 0.500. The number of hydrogen-bond acceptors (Lipinski definition) is 4. The summed E-state index contributed by atoms with van der Waals surface area (Å²) in [5, 5.41) is 3.71. The largest absolute Gasteiger partial charge is 0.379 e. The zero-order valence-electron chi connectivity index (χ0n) is 10.1. The van der Waals surface area contributed by atoms with E-state index in [0.717, 1.165) is 24.2 Å². The Bertz CT molecular complexity index is 358. The molecular formula is C12H18ClN3O. The van der Waals surface area contributed by atoms with E-state index in [2.05, 4.69) is 21.9 Å². The molecule has 4 nitrogen and oxygen atoms in total. The Morgan fingerprint density at radius 1 is 1.47 bits per heavy atom. The van der Waals surface area contributed by atoms with Crippen molar-refractivity contribution in [2.45, 2.75) is 19.8 Å². The first-order valence-corrected chi connectivity index (χ1v) is 6.09. The summed E-state index contributed by atoms with van der Waals surface area (Å²) < 4.78 is 5.39. The highest BCUT2D eigenvalue weighted by Gasteiger charge is 2.06. The molecule has 0 saturated heterocycles. The van der Waals surface area contributed by atoms with E-state index in [1.165, 1.54) is 6.33 Å². The average molecular weight is 256 g/mol. The van der Waals surface area contributed by atoms with Crippen molar-refractivity contribution in [3.05, 3.63) is 29.7 Å². The standard InChI is InChI=1S/C12H18ClN3O/c1-3-5-7-17-8-6-14-12-10(4-2)11(13)15-9-16-12/h3,9H,1,4-8H2,2H3,(H,14,15,16). The van der Waals surface area contributed by atoms with Gasteiger partial charge in [-0.05, 0) is 12.8 Å². The SMILES string of the molecule is C=CCCOCCNc1ncnc(Cl)c1CC. The first kappa shape index (κ1) is 13.9. The van der Waals surface area contributed by atoms with Gasteiger partial charge in [-0.2, -0.15) is 0 Å². The summed E-state index contributed by atoms with van der Waals surface area (Å²) in [6.45, 7) is 7.70. The van der Waals surface area contributed by atoms with Crippen molar-refractivity contribution >= 4 is 17.4 Å². The zero-order valence-corrected chi connectivity index (χ0v) is 10.8. The molecule has 0 aromatic carbocycles. The van der Waals surface area contributed by atoms with Crippen molar-refractivity contribution in [2.75, 3.05) is 25.1 Å². The second-order valence-electron chi connectivity index (χ2n) is 3.46. The van der Waals surface area contributed by atoms with Crippen LogP contribution in [0.15, 0.2) is 19.0 Å². The molecule has 1 N–H and O–H groups in total. The summed E-state index contributed by atoms with van der Waals surface area (Å²) >= 11 is 5.98. The van der Waals surface area contributed by atoms with Crippen LogP contribution in [0, 0.1) is 0 Å². The minimum Gasteiger partial charge on any atom is -0.379 e. The van der Waals surface area contributed by atoms with Crippen LogP contribution in [0.5, 0.6) is 0 Å². The molecule has 17 heavy (non-hydrogen) atoms. The maximum Gasteiger partial charge on any atom is 0.137 e. The fourth-order valence-corrected chi connectivity index (χ4v) is 1.63. The first-order valence-electron chi connectivity index (χ1n) is 5.71. The van der Waals surface area contributed by atoms with Crippen LogP contribution in [0.4, 0.5) is 5.82 Å². The Morgan fingerprint density at radius 3 is 3.00 bits per heavy atom. The number of hydrogen-bond donors (Lipinski definition) is 1. The highest BCUT2D eigenvalue weighted by atomic mass is 35.5. The predicted octanol–water partition coefficient (Wildman–Crippen LogP) is 2.70. The summed E-state index contributed by atoms with van der Waals surface area (Å²) in [6.07, 6.45) is 4.98. The molecule has 0 spiro atoms. The van der Waals surface area contributed by atoms with Crippen molar-refractivity contribution in [1.29, 1.82) is 0 Å². The summed E-state index contributed by atoms with van der Waals surface area (Å²) in [6, 6.07) is 0. The number of aromatic nitrogens is 2. The Morgan fingerprint density at radius 2 is 2.29 bits per heavy atom. The Labute approximate surface area is 107 Å². The monoisotopic (exact) mass is 255 g/mol. The third kappa shape index (κ3) is 4.71. The number of nitrogens with zero attached hydrogens (tertiary/aromatic N) is 2. The van der Waals surface area contributed by atoms with Gasteiger partial charge in [0.2, 0.25) is 0 Å². The van der Waals surface area contributed by atoms with Crippen LogP contribution in [0.2, 0.25) is 5.15 Å². The van der Waals surface area contributed by atoms with E-state index in [0.29, 0.717) is 24.9 Å². The molecule has 0 atom stereocenters. The van der Waals surface area contributed by atoms with Crippen LogP contribution in [0.3, 0.4) is 0 Å². The lowest BCUT2D eigenvalue weighted by molar-refractivity contribution is 0.149. The quantitative estimate of drug-likeness (QED) is 0.441. The van der Waals surface area contributed by atoms with Crippen LogP contribution in [0.1, 0.15) is 18.9 Å². The molecule has 1 aromatic rings. The van der Waals surface area contributed by atoms with Gasteiger partial charge in [0.1, 0.15) is 17.3 Å². The van der Waals surface area contributed by atoms with E-state index in [9.17, 15) is 0 Å². The molecule has 0 aliphatic heterocycles. The summed E-state index contributed by atoms with van der Waals surface area (Å²) in [5.41, 5.74) is 0.945. The molecule has 0 amide bonds. The van der Waals surface area contributed by atoms with Crippen LogP contribution in [-0.4, -0.2) is 29.7 Å². The van der Waals surface area contributed by atoms with Crippen LogP contribution >= 0.6 is 11.6 Å². The molecule has 5 heteroatoms. The van der Waals surface area contributed by atoms with Crippen LogP contribution in [-0.2, 0) is 11.2 Å². The van der Waals surface area contributed by atoms with E-state index in [1.807, 2.05) is 13.0 Å². The van der Waals surface area contributed by atoms with Gasteiger partial charge in [0.15, 0.2) is 0 Å². The van der Waals surface area contributed by atoms with Crippen molar-refractivity contribution in [1.82, 2.24) is 9.97 Å². The van der Waals surface area contributed by atoms with Gasteiger partial charge in [0, 0.05) is 12.1 Å². The van der Waals surface area contributed by atoms with Crippen LogP contribution in [0.25, 0.3) is 0 Å². The number of ether oxygens (including phenoxy) is 1. The molecule has 0 saturated carbocycles. The lowest BCUT2D eigenvalue weighted by Crippen LogP contribution is -2.12. The zero-order chi connectivity index (χ0) is 12.5. The van der Waals surface area contributed by atoms with Gasteiger partial charge in [-0.3, -0.25) is 0 Å². The minimum absolute atomic E-state index is 0.512. The highest BCUT2D eigenvalue weighted by molar-refractivity contribution is 6.30. The molecule has 94 valence electrons. The van der Waals surface area contributed by atoms with Gasteiger partial charge in [0.25, 0.3) is 0 Å². The maximum atomic E-state index is 5.98. The smallest absolute Gasteiger partial charge is 0.137 e. The van der Waals surface area contributed by atoms with E-state index in [-0.39, 0.29) is 0 Å². The van der Waals surface area contributed by atoms with Crippen molar-refractivity contribution < 1.29 is 4.74 Å². The molecule has 1 aromatic heterocycles.